The number of carbonyl (C=O) groups excluding carboxylic acids is 2. The number of ether oxygens (including phenoxy) is 1. The Morgan fingerprint density at radius 3 is 2.25 bits per heavy atom. The van der Waals surface area contributed by atoms with Crippen LogP contribution in [-0.4, -0.2) is 22.6 Å². The van der Waals surface area contributed by atoms with Crippen LogP contribution in [0.15, 0.2) is 17.3 Å². The van der Waals surface area contributed by atoms with Gasteiger partial charge in [-0.15, -0.1) is 12.6 Å². The fourth-order valence-electron chi connectivity index (χ4n) is 0.629. The number of amidine groups is 1. The maximum atomic E-state index is 11.2. The van der Waals surface area contributed by atoms with Gasteiger partial charge in [0.1, 0.15) is 11.3 Å². The van der Waals surface area contributed by atoms with Crippen LogP contribution in [0.4, 0.5) is 4.79 Å². The first-order chi connectivity index (χ1) is 7.11. The summed E-state index contributed by atoms with van der Waals surface area (Å²) in [4.78, 5) is 25.7. The average Bonchev–Trinajstić information content (AvgIpc) is 1.98. The van der Waals surface area contributed by atoms with Gasteiger partial charge in [0, 0.05) is 6.92 Å². The van der Waals surface area contributed by atoms with E-state index in [0.29, 0.717) is 0 Å². The first-order valence-electron chi connectivity index (χ1n) is 4.59. The van der Waals surface area contributed by atoms with Crippen LogP contribution < -0.4 is 5.32 Å². The monoisotopic (exact) mass is 244 g/mol. The van der Waals surface area contributed by atoms with Crippen LogP contribution in [0, 0.1) is 0 Å². The van der Waals surface area contributed by atoms with E-state index in [1.165, 1.54) is 6.92 Å². The summed E-state index contributed by atoms with van der Waals surface area (Å²) >= 11 is 3.88. The van der Waals surface area contributed by atoms with E-state index in [4.69, 9.17) is 4.74 Å². The molecule has 0 aromatic carbocycles. The van der Waals surface area contributed by atoms with E-state index in [1.54, 1.807) is 20.8 Å². The van der Waals surface area contributed by atoms with E-state index in [-0.39, 0.29) is 16.6 Å². The molecular formula is C10H16N2O3S. The normalized spacial score (nSPS) is 11.9. The Hall–Kier alpha value is -1.30. The number of Topliss-reactive ketones (excluding diaryl/α,β-unsaturated/α-hetero) is 1. The number of aliphatic imine (C=N–C) groups is 1. The molecule has 0 aliphatic rings. The molecule has 16 heavy (non-hydrogen) atoms. The predicted octanol–water partition coefficient (Wildman–Crippen LogP) is 1.90. The molecule has 0 rings (SSSR count). The first kappa shape index (κ1) is 14.7. The molecule has 0 fully saturated rings. The molecule has 6 heteroatoms. The Kier molecular flexibility index (Phi) is 5.23. The summed E-state index contributed by atoms with van der Waals surface area (Å²) in [6, 6.07) is 0. The van der Waals surface area contributed by atoms with Crippen molar-refractivity contribution >= 4 is 29.7 Å². The Morgan fingerprint density at radius 1 is 1.38 bits per heavy atom. The number of allylic oxidation sites excluding steroid dienone is 1. The highest BCUT2D eigenvalue weighted by atomic mass is 32.1. The molecule has 0 aromatic rings. The lowest BCUT2D eigenvalue weighted by Gasteiger charge is -2.19. The summed E-state index contributed by atoms with van der Waals surface area (Å²) in [5, 5.41) is 2.23. The second-order valence-corrected chi connectivity index (χ2v) is 4.49. The van der Waals surface area contributed by atoms with Crippen LogP contribution in [0.2, 0.25) is 0 Å². The first-order valence-corrected chi connectivity index (χ1v) is 5.04. The molecule has 5 nitrogen and oxygen atoms in total. The van der Waals surface area contributed by atoms with Crippen molar-refractivity contribution in [3.05, 3.63) is 12.3 Å². The highest BCUT2D eigenvalue weighted by Gasteiger charge is 2.16. The molecule has 0 bridgehead atoms. The van der Waals surface area contributed by atoms with Gasteiger partial charge in [-0.05, 0) is 20.8 Å². The Balaban J connectivity index is 4.35. The van der Waals surface area contributed by atoms with Gasteiger partial charge in [-0.3, -0.25) is 10.1 Å². The lowest BCUT2D eigenvalue weighted by Crippen LogP contribution is -2.34. The van der Waals surface area contributed by atoms with E-state index >= 15 is 0 Å². The molecule has 1 amide bonds. The van der Waals surface area contributed by atoms with Crippen LogP contribution in [-0.2, 0) is 9.53 Å². The zero-order valence-electron chi connectivity index (χ0n) is 9.83. The second kappa shape index (κ2) is 5.69. The Morgan fingerprint density at radius 2 is 1.88 bits per heavy atom. The number of alkyl carbamates (subject to hydrolysis) is 1. The molecule has 0 aliphatic heterocycles. The molecule has 1 N–H and O–H groups in total. The van der Waals surface area contributed by atoms with Gasteiger partial charge in [0.05, 0.1) is 0 Å². The molecule has 0 aromatic heterocycles. The maximum absolute atomic E-state index is 11.2. The number of hydrogen-bond acceptors (Lipinski definition) is 4. The number of carbonyl (C=O) groups is 2. The molecule has 0 saturated carbocycles. The lowest BCUT2D eigenvalue weighted by molar-refractivity contribution is -0.113. The van der Waals surface area contributed by atoms with E-state index < -0.39 is 11.7 Å². The summed E-state index contributed by atoms with van der Waals surface area (Å²) in [6.07, 6.45) is -0.683. The molecule has 0 radical (unpaired) electrons. The summed E-state index contributed by atoms with van der Waals surface area (Å²) in [7, 11) is 0. The van der Waals surface area contributed by atoms with Crippen molar-refractivity contribution in [2.24, 2.45) is 4.99 Å². The van der Waals surface area contributed by atoms with Gasteiger partial charge in [0.2, 0.25) is 0 Å². The van der Waals surface area contributed by atoms with Crippen molar-refractivity contribution in [1.82, 2.24) is 5.32 Å². The second-order valence-electron chi connectivity index (χ2n) is 4.07. The number of amides is 1. The lowest BCUT2D eigenvalue weighted by atomic mass is 10.2. The molecule has 0 atom stereocenters. The average molecular weight is 244 g/mol. The number of nitrogens with zero attached hydrogens (tertiary/aromatic N) is 1. The summed E-state index contributed by atoms with van der Waals surface area (Å²) in [5.74, 6) is -0.294. The van der Waals surface area contributed by atoms with Crippen molar-refractivity contribution in [3.63, 3.8) is 0 Å². The third kappa shape index (κ3) is 7.05. The van der Waals surface area contributed by atoms with Crippen molar-refractivity contribution in [2.75, 3.05) is 0 Å². The highest BCUT2D eigenvalue weighted by molar-refractivity contribution is 7.96. The molecule has 0 heterocycles. The SMILES string of the molecule is C=C(/N=C(\S)NC(=O)OC(C)(C)C)C(C)=O. The molecule has 0 aliphatic carbocycles. The van der Waals surface area contributed by atoms with Crippen molar-refractivity contribution in [2.45, 2.75) is 33.3 Å². The van der Waals surface area contributed by atoms with Gasteiger partial charge in [-0.1, -0.05) is 6.58 Å². The van der Waals surface area contributed by atoms with Crippen LogP contribution in [0.1, 0.15) is 27.7 Å². The van der Waals surface area contributed by atoms with E-state index in [0.717, 1.165) is 0 Å². The maximum Gasteiger partial charge on any atom is 0.413 e. The fourth-order valence-corrected chi connectivity index (χ4v) is 0.841. The fraction of sp³-hybridized carbons (Fsp3) is 0.500. The van der Waals surface area contributed by atoms with Crippen molar-refractivity contribution < 1.29 is 14.3 Å². The van der Waals surface area contributed by atoms with Crippen molar-refractivity contribution in [3.8, 4) is 0 Å². The van der Waals surface area contributed by atoms with Gasteiger partial charge in [0.15, 0.2) is 11.0 Å². The number of thiol groups is 1. The van der Waals surface area contributed by atoms with Gasteiger partial charge in [-0.2, -0.15) is 0 Å². The van der Waals surface area contributed by atoms with Crippen molar-refractivity contribution in [1.29, 1.82) is 0 Å². The van der Waals surface area contributed by atoms with E-state index in [2.05, 4.69) is 29.5 Å². The molecule has 0 saturated heterocycles. The molecule has 0 unspecified atom stereocenters. The van der Waals surface area contributed by atoms with Crippen LogP contribution in [0.3, 0.4) is 0 Å². The number of hydrogen-bond donors (Lipinski definition) is 2. The van der Waals surface area contributed by atoms with Crippen LogP contribution in [0.5, 0.6) is 0 Å². The quantitative estimate of drug-likeness (QED) is 0.337. The van der Waals surface area contributed by atoms with Gasteiger partial charge in [0.25, 0.3) is 0 Å². The van der Waals surface area contributed by atoms with Gasteiger partial charge in [-0.25, -0.2) is 9.79 Å². The number of nitrogens with one attached hydrogen (secondary N) is 1. The zero-order valence-corrected chi connectivity index (χ0v) is 10.7. The summed E-state index contributed by atoms with van der Waals surface area (Å²) in [6.45, 7) is 9.92. The topological polar surface area (TPSA) is 67.8 Å². The van der Waals surface area contributed by atoms with E-state index in [9.17, 15) is 9.59 Å². The smallest absolute Gasteiger partial charge is 0.413 e. The number of rotatable bonds is 2. The number of ketones is 1. The van der Waals surface area contributed by atoms with Crippen LogP contribution in [0.25, 0.3) is 0 Å². The zero-order chi connectivity index (χ0) is 12.9. The largest absolute Gasteiger partial charge is 0.444 e. The minimum atomic E-state index is -0.683. The van der Waals surface area contributed by atoms with Crippen LogP contribution >= 0.6 is 12.6 Å². The Labute approximate surface area is 100 Å². The predicted molar refractivity (Wildman–Crippen MR) is 65.6 cm³/mol. The third-order valence-corrected chi connectivity index (χ3v) is 1.47. The van der Waals surface area contributed by atoms with Gasteiger partial charge < -0.3 is 4.74 Å². The van der Waals surface area contributed by atoms with E-state index in [1.807, 2.05) is 0 Å². The molecule has 90 valence electrons. The highest BCUT2D eigenvalue weighted by Crippen LogP contribution is 2.06. The Bertz CT molecular complexity index is 342. The summed E-state index contributed by atoms with van der Waals surface area (Å²) in [5.41, 5.74) is -0.587. The molecular weight excluding hydrogens is 228 g/mol. The summed E-state index contributed by atoms with van der Waals surface area (Å²) < 4.78 is 4.96. The van der Waals surface area contributed by atoms with Gasteiger partial charge >= 0.3 is 6.09 Å². The minimum Gasteiger partial charge on any atom is -0.444 e. The standard InChI is InChI=1S/C10H16N2O3S/c1-6(7(2)13)11-8(16)12-9(14)15-10(3,4)5/h1H2,2-5H3,(H2,11,12,14,16). The molecule has 0 spiro atoms. The third-order valence-electron chi connectivity index (χ3n) is 1.26. The minimum absolute atomic E-state index is 0.0149.